The van der Waals surface area contributed by atoms with Crippen LogP contribution in [0.5, 0.6) is 0 Å². The molecule has 2 atom stereocenters. The van der Waals surface area contributed by atoms with Gasteiger partial charge in [-0.15, -0.1) is 0 Å². The maximum absolute atomic E-state index is 3.72. The van der Waals surface area contributed by atoms with E-state index in [1.807, 2.05) is 0 Å². The lowest BCUT2D eigenvalue weighted by atomic mass is 9.94. The molecule has 3 rings (SSSR count). The van der Waals surface area contributed by atoms with Crippen LogP contribution in [-0.4, -0.2) is 12.6 Å². The summed E-state index contributed by atoms with van der Waals surface area (Å²) in [5.41, 5.74) is 3.22. The number of nitrogens with one attached hydrogen (secondary N) is 1. The predicted octanol–water partition coefficient (Wildman–Crippen LogP) is 2.79. The third kappa shape index (κ3) is 1.67. The summed E-state index contributed by atoms with van der Waals surface area (Å²) in [6.45, 7) is 3.35. The van der Waals surface area contributed by atoms with Gasteiger partial charge in [-0.1, -0.05) is 31.2 Å². The SMILES string of the molecule is CCNC1C2CCC1Cc1ccccc1C2. The lowest BCUT2D eigenvalue weighted by molar-refractivity contribution is 0.349. The summed E-state index contributed by atoms with van der Waals surface area (Å²) in [6, 6.07) is 9.83. The van der Waals surface area contributed by atoms with Crippen LogP contribution in [0.2, 0.25) is 0 Å². The molecule has 2 bridgehead atoms. The van der Waals surface area contributed by atoms with E-state index < -0.39 is 0 Å². The molecule has 16 heavy (non-hydrogen) atoms. The molecule has 0 aromatic heterocycles. The average molecular weight is 215 g/mol. The molecule has 1 aromatic rings. The maximum atomic E-state index is 3.72. The van der Waals surface area contributed by atoms with E-state index in [0.717, 1.165) is 24.4 Å². The van der Waals surface area contributed by atoms with Gasteiger partial charge in [-0.25, -0.2) is 0 Å². The molecule has 0 spiro atoms. The molecule has 0 heterocycles. The van der Waals surface area contributed by atoms with E-state index >= 15 is 0 Å². The summed E-state index contributed by atoms with van der Waals surface area (Å²) in [5.74, 6) is 1.77. The molecule has 0 aliphatic heterocycles. The zero-order chi connectivity index (χ0) is 11.0. The monoisotopic (exact) mass is 215 g/mol. The van der Waals surface area contributed by atoms with Gasteiger partial charge in [-0.3, -0.25) is 0 Å². The van der Waals surface area contributed by atoms with E-state index in [0.29, 0.717) is 0 Å². The molecule has 1 N–H and O–H groups in total. The van der Waals surface area contributed by atoms with Gasteiger partial charge < -0.3 is 5.32 Å². The van der Waals surface area contributed by atoms with Gasteiger partial charge in [0.1, 0.15) is 0 Å². The first-order valence-electron chi connectivity index (χ1n) is 6.68. The van der Waals surface area contributed by atoms with Crippen molar-refractivity contribution >= 4 is 0 Å². The molecule has 1 fully saturated rings. The first-order valence-corrected chi connectivity index (χ1v) is 6.68. The first-order chi connectivity index (χ1) is 7.88. The zero-order valence-corrected chi connectivity index (χ0v) is 10.1. The van der Waals surface area contributed by atoms with Crippen molar-refractivity contribution in [2.75, 3.05) is 6.54 Å². The van der Waals surface area contributed by atoms with Crippen molar-refractivity contribution in [1.29, 1.82) is 0 Å². The summed E-state index contributed by atoms with van der Waals surface area (Å²) >= 11 is 0. The lowest BCUT2D eigenvalue weighted by Crippen LogP contribution is -2.37. The Bertz CT molecular complexity index is 338. The van der Waals surface area contributed by atoms with Crippen LogP contribution in [0.1, 0.15) is 30.9 Å². The predicted molar refractivity (Wildman–Crippen MR) is 67.5 cm³/mol. The second-order valence-corrected chi connectivity index (χ2v) is 5.36. The standard InChI is InChI=1S/C15H21N/c1-2-16-15-13-7-8-14(15)10-12-6-4-3-5-11(12)9-13/h3-6,13-16H,2,7-10H2,1H3. The van der Waals surface area contributed by atoms with Crippen LogP contribution in [0.25, 0.3) is 0 Å². The number of fused-ring (bicyclic) bond motifs is 3. The molecule has 86 valence electrons. The van der Waals surface area contributed by atoms with Crippen molar-refractivity contribution in [3.05, 3.63) is 35.4 Å². The Morgan fingerprint density at radius 1 is 1.06 bits per heavy atom. The minimum atomic E-state index is 0.775. The summed E-state index contributed by atoms with van der Waals surface area (Å²) in [7, 11) is 0. The molecule has 0 radical (unpaired) electrons. The van der Waals surface area contributed by atoms with Gasteiger partial charge in [-0.05, 0) is 55.2 Å². The van der Waals surface area contributed by atoms with Crippen molar-refractivity contribution in [3.63, 3.8) is 0 Å². The van der Waals surface area contributed by atoms with Crippen LogP contribution in [0, 0.1) is 11.8 Å². The third-order valence-corrected chi connectivity index (χ3v) is 4.45. The van der Waals surface area contributed by atoms with E-state index in [1.165, 1.54) is 25.7 Å². The van der Waals surface area contributed by atoms with Crippen LogP contribution >= 0.6 is 0 Å². The Hall–Kier alpha value is -0.820. The number of hydrogen-bond donors (Lipinski definition) is 1. The number of hydrogen-bond acceptors (Lipinski definition) is 1. The Labute approximate surface area is 98.3 Å². The van der Waals surface area contributed by atoms with Gasteiger partial charge in [-0.2, -0.15) is 0 Å². The molecule has 1 nitrogen and oxygen atoms in total. The maximum Gasteiger partial charge on any atom is 0.0130 e. The fourth-order valence-corrected chi connectivity index (χ4v) is 3.72. The van der Waals surface area contributed by atoms with Crippen molar-refractivity contribution in [2.24, 2.45) is 11.8 Å². The van der Waals surface area contributed by atoms with E-state index in [2.05, 4.69) is 36.5 Å². The molecule has 1 saturated carbocycles. The minimum absolute atomic E-state index is 0.775. The molecule has 2 unspecified atom stereocenters. The second kappa shape index (κ2) is 4.21. The highest BCUT2D eigenvalue weighted by atomic mass is 14.9. The molecule has 0 amide bonds. The molecule has 2 aliphatic rings. The quantitative estimate of drug-likeness (QED) is 0.800. The van der Waals surface area contributed by atoms with E-state index in [4.69, 9.17) is 0 Å². The normalized spacial score (nSPS) is 32.2. The average Bonchev–Trinajstić information content (AvgIpc) is 2.57. The third-order valence-electron chi connectivity index (χ3n) is 4.45. The van der Waals surface area contributed by atoms with Crippen molar-refractivity contribution in [2.45, 2.75) is 38.6 Å². The summed E-state index contributed by atoms with van der Waals surface area (Å²) in [6.07, 6.45) is 5.45. The smallest absolute Gasteiger partial charge is 0.0130 e. The van der Waals surface area contributed by atoms with Crippen molar-refractivity contribution in [3.8, 4) is 0 Å². The molecule has 1 aromatic carbocycles. The lowest BCUT2D eigenvalue weighted by Gasteiger charge is -2.22. The van der Waals surface area contributed by atoms with Gasteiger partial charge >= 0.3 is 0 Å². The highest BCUT2D eigenvalue weighted by Crippen LogP contribution is 2.39. The van der Waals surface area contributed by atoms with Crippen LogP contribution in [0.15, 0.2) is 24.3 Å². The van der Waals surface area contributed by atoms with Crippen molar-refractivity contribution in [1.82, 2.24) is 5.32 Å². The van der Waals surface area contributed by atoms with Gasteiger partial charge in [0.2, 0.25) is 0 Å². The highest BCUT2D eigenvalue weighted by Gasteiger charge is 2.37. The van der Waals surface area contributed by atoms with Crippen LogP contribution < -0.4 is 5.32 Å². The zero-order valence-electron chi connectivity index (χ0n) is 10.1. The van der Waals surface area contributed by atoms with Crippen LogP contribution in [0.4, 0.5) is 0 Å². The molecular weight excluding hydrogens is 194 g/mol. The summed E-state index contributed by atoms with van der Waals surface area (Å²) in [5, 5.41) is 3.72. The molecule has 1 heteroatoms. The van der Waals surface area contributed by atoms with E-state index in [9.17, 15) is 0 Å². The van der Waals surface area contributed by atoms with Crippen LogP contribution in [0.3, 0.4) is 0 Å². The number of rotatable bonds is 2. The molecular formula is C15H21N. The fraction of sp³-hybridized carbons (Fsp3) is 0.600. The van der Waals surface area contributed by atoms with Gasteiger partial charge in [0, 0.05) is 6.04 Å². The molecule has 2 aliphatic carbocycles. The summed E-state index contributed by atoms with van der Waals surface area (Å²) in [4.78, 5) is 0. The largest absolute Gasteiger partial charge is 0.314 e. The fourth-order valence-electron chi connectivity index (χ4n) is 3.72. The molecule has 0 saturated heterocycles. The van der Waals surface area contributed by atoms with Gasteiger partial charge in [0.05, 0.1) is 0 Å². The number of benzene rings is 1. The first kappa shape index (κ1) is 10.3. The Kier molecular flexibility index (Phi) is 2.72. The Morgan fingerprint density at radius 2 is 1.62 bits per heavy atom. The van der Waals surface area contributed by atoms with Crippen molar-refractivity contribution < 1.29 is 0 Å². The van der Waals surface area contributed by atoms with Gasteiger partial charge in [0.25, 0.3) is 0 Å². The van der Waals surface area contributed by atoms with E-state index in [-0.39, 0.29) is 0 Å². The van der Waals surface area contributed by atoms with Crippen LogP contribution in [-0.2, 0) is 12.8 Å². The summed E-state index contributed by atoms with van der Waals surface area (Å²) < 4.78 is 0. The van der Waals surface area contributed by atoms with Gasteiger partial charge in [0.15, 0.2) is 0 Å². The topological polar surface area (TPSA) is 12.0 Å². The Balaban J connectivity index is 1.90. The van der Waals surface area contributed by atoms with E-state index in [1.54, 1.807) is 11.1 Å². The highest BCUT2D eigenvalue weighted by molar-refractivity contribution is 5.30. The second-order valence-electron chi connectivity index (χ2n) is 5.36. The Morgan fingerprint density at radius 3 is 2.12 bits per heavy atom. The minimum Gasteiger partial charge on any atom is -0.314 e.